The van der Waals surface area contributed by atoms with Gasteiger partial charge in [-0.1, -0.05) is 19.4 Å². The lowest BCUT2D eigenvalue weighted by Gasteiger charge is -2.14. The van der Waals surface area contributed by atoms with Crippen molar-refractivity contribution in [3.05, 3.63) is 22.8 Å². The maximum Gasteiger partial charge on any atom is 0.0397 e. The van der Waals surface area contributed by atoms with Crippen molar-refractivity contribution in [2.75, 3.05) is 11.5 Å². The second kappa shape index (κ2) is 4.36. The van der Waals surface area contributed by atoms with Crippen molar-refractivity contribution in [1.29, 1.82) is 0 Å². The number of rotatable bonds is 3. The molecule has 78 valence electrons. The van der Waals surface area contributed by atoms with E-state index in [2.05, 4.69) is 13.0 Å². The molecule has 0 radical (unpaired) electrons. The van der Waals surface area contributed by atoms with Crippen LogP contribution in [0.1, 0.15) is 36.5 Å². The fourth-order valence-corrected chi connectivity index (χ4v) is 1.72. The molecule has 1 rings (SSSR count). The lowest BCUT2D eigenvalue weighted by atomic mass is 9.97. The second-order valence-corrected chi connectivity index (χ2v) is 3.92. The van der Waals surface area contributed by atoms with Crippen LogP contribution in [0.15, 0.2) is 6.07 Å². The molecule has 2 heteroatoms. The zero-order valence-electron chi connectivity index (χ0n) is 9.35. The Morgan fingerprint density at radius 2 is 1.57 bits per heavy atom. The Kier molecular flexibility index (Phi) is 3.39. The van der Waals surface area contributed by atoms with E-state index in [1.54, 1.807) is 0 Å². The first kappa shape index (κ1) is 10.9. The van der Waals surface area contributed by atoms with Crippen LogP contribution >= 0.6 is 0 Å². The van der Waals surface area contributed by atoms with Crippen molar-refractivity contribution in [2.24, 2.45) is 0 Å². The number of nitrogens with two attached hydrogens (primary N) is 2. The summed E-state index contributed by atoms with van der Waals surface area (Å²) in [6.45, 7) is 6.25. The smallest absolute Gasteiger partial charge is 0.0397 e. The molecule has 0 spiro atoms. The first-order valence-electron chi connectivity index (χ1n) is 5.22. The van der Waals surface area contributed by atoms with Crippen LogP contribution in [0.3, 0.4) is 0 Å². The first-order chi connectivity index (χ1) is 6.57. The van der Waals surface area contributed by atoms with E-state index in [1.807, 2.05) is 13.8 Å². The Morgan fingerprint density at radius 3 is 2.00 bits per heavy atom. The minimum absolute atomic E-state index is 0.876. The zero-order chi connectivity index (χ0) is 10.7. The molecule has 0 aliphatic heterocycles. The molecule has 0 amide bonds. The van der Waals surface area contributed by atoms with Gasteiger partial charge in [-0.3, -0.25) is 0 Å². The normalized spacial score (nSPS) is 10.5. The van der Waals surface area contributed by atoms with Crippen LogP contribution in [0.4, 0.5) is 11.4 Å². The number of nitrogen functional groups attached to an aromatic ring is 2. The molecule has 4 N–H and O–H groups in total. The lowest BCUT2D eigenvalue weighted by molar-refractivity contribution is 0.797. The Morgan fingerprint density at radius 1 is 1.07 bits per heavy atom. The molecule has 0 fully saturated rings. The highest BCUT2D eigenvalue weighted by Gasteiger charge is 2.08. The van der Waals surface area contributed by atoms with Gasteiger partial charge in [-0.2, -0.15) is 0 Å². The van der Waals surface area contributed by atoms with Crippen LogP contribution < -0.4 is 11.5 Å². The molecule has 0 bridgehead atoms. The van der Waals surface area contributed by atoms with Gasteiger partial charge in [-0.05, 0) is 43.4 Å². The van der Waals surface area contributed by atoms with Gasteiger partial charge in [0.05, 0.1) is 0 Å². The summed E-state index contributed by atoms with van der Waals surface area (Å²) in [6, 6.07) is 2.06. The van der Waals surface area contributed by atoms with Crippen LogP contribution in [0.2, 0.25) is 0 Å². The molecule has 0 unspecified atom stereocenters. The highest BCUT2D eigenvalue weighted by atomic mass is 14.6. The molecule has 1 aromatic rings. The molecular weight excluding hydrogens is 172 g/mol. The summed E-state index contributed by atoms with van der Waals surface area (Å²) < 4.78 is 0. The van der Waals surface area contributed by atoms with Gasteiger partial charge < -0.3 is 11.5 Å². The molecule has 0 aromatic heterocycles. The molecule has 0 atom stereocenters. The van der Waals surface area contributed by atoms with Crippen LogP contribution in [-0.2, 0) is 6.42 Å². The predicted molar refractivity (Wildman–Crippen MR) is 63.4 cm³/mol. The minimum atomic E-state index is 0.876. The summed E-state index contributed by atoms with van der Waals surface area (Å²) >= 11 is 0. The van der Waals surface area contributed by atoms with Crippen LogP contribution in [0.5, 0.6) is 0 Å². The van der Waals surface area contributed by atoms with E-state index >= 15 is 0 Å². The third kappa shape index (κ3) is 2.00. The van der Waals surface area contributed by atoms with Gasteiger partial charge in [0.1, 0.15) is 0 Å². The fourth-order valence-electron chi connectivity index (χ4n) is 1.72. The Bertz CT molecular complexity index is 303. The number of benzene rings is 1. The maximum atomic E-state index is 6.01. The van der Waals surface area contributed by atoms with E-state index < -0.39 is 0 Å². The van der Waals surface area contributed by atoms with Crippen molar-refractivity contribution in [1.82, 2.24) is 0 Å². The van der Waals surface area contributed by atoms with Crippen LogP contribution in [0.25, 0.3) is 0 Å². The molecular formula is C12H20N2. The van der Waals surface area contributed by atoms with Crippen molar-refractivity contribution in [3.8, 4) is 0 Å². The van der Waals surface area contributed by atoms with E-state index in [0.717, 1.165) is 40.9 Å². The standard InChI is InChI=1S/C12H20N2/c1-4-5-6-10-11(13)8(2)7-9(3)12(10)14/h7H,4-6,13-14H2,1-3H3. The average molecular weight is 192 g/mol. The summed E-state index contributed by atoms with van der Waals surface area (Å²) in [6.07, 6.45) is 3.32. The third-order valence-corrected chi connectivity index (χ3v) is 2.71. The average Bonchev–Trinajstić information content (AvgIpc) is 2.15. The van der Waals surface area contributed by atoms with Gasteiger partial charge >= 0.3 is 0 Å². The third-order valence-electron chi connectivity index (χ3n) is 2.71. The van der Waals surface area contributed by atoms with E-state index in [0.29, 0.717) is 0 Å². The highest BCUT2D eigenvalue weighted by molar-refractivity contribution is 5.68. The largest absolute Gasteiger partial charge is 0.398 e. The number of unbranched alkanes of at least 4 members (excludes halogenated alkanes) is 1. The molecule has 0 aliphatic carbocycles. The van der Waals surface area contributed by atoms with Gasteiger partial charge in [-0.25, -0.2) is 0 Å². The molecule has 1 aromatic carbocycles. The molecule has 2 nitrogen and oxygen atoms in total. The van der Waals surface area contributed by atoms with Crippen molar-refractivity contribution in [2.45, 2.75) is 40.0 Å². The second-order valence-electron chi connectivity index (χ2n) is 3.92. The summed E-state index contributed by atoms with van der Waals surface area (Å²) in [4.78, 5) is 0. The fraction of sp³-hybridized carbons (Fsp3) is 0.500. The number of aryl methyl sites for hydroxylation is 2. The molecule has 0 saturated heterocycles. The maximum absolute atomic E-state index is 6.01. The monoisotopic (exact) mass is 192 g/mol. The summed E-state index contributed by atoms with van der Waals surface area (Å²) in [5.41, 5.74) is 17.2. The van der Waals surface area contributed by atoms with E-state index in [-0.39, 0.29) is 0 Å². The molecule has 0 heterocycles. The molecule has 14 heavy (non-hydrogen) atoms. The first-order valence-corrected chi connectivity index (χ1v) is 5.22. The number of anilines is 2. The quantitative estimate of drug-likeness (QED) is 0.723. The summed E-state index contributed by atoms with van der Waals surface area (Å²) in [5, 5.41) is 0. The van der Waals surface area contributed by atoms with Crippen molar-refractivity contribution >= 4 is 11.4 Å². The Labute approximate surface area is 86.3 Å². The Hall–Kier alpha value is -1.18. The number of hydrogen-bond acceptors (Lipinski definition) is 2. The zero-order valence-corrected chi connectivity index (χ0v) is 9.35. The van der Waals surface area contributed by atoms with E-state index in [1.165, 1.54) is 6.42 Å². The minimum Gasteiger partial charge on any atom is -0.398 e. The van der Waals surface area contributed by atoms with Gasteiger partial charge in [-0.15, -0.1) is 0 Å². The molecule has 0 saturated carbocycles. The summed E-state index contributed by atoms with van der Waals surface area (Å²) in [7, 11) is 0. The topological polar surface area (TPSA) is 52.0 Å². The van der Waals surface area contributed by atoms with Gasteiger partial charge in [0.25, 0.3) is 0 Å². The lowest BCUT2D eigenvalue weighted by Crippen LogP contribution is -2.04. The van der Waals surface area contributed by atoms with Crippen molar-refractivity contribution < 1.29 is 0 Å². The highest BCUT2D eigenvalue weighted by Crippen LogP contribution is 2.28. The van der Waals surface area contributed by atoms with Gasteiger partial charge in [0, 0.05) is 11.4 Å². The van der Waals surface area contributed by atoms with Crippen LogP contribution in [-0.4, -0.2) is 0 Å². The Balaban J connectivity index is 3.11. The van der Waals surface area contributed by atoms with Gasteiger partial charge in [0.15, 0.2) is 0 Å². The predicted octanol–water partition coefficient (Wildman–Crippen LogP) is 2.81. The van der Waals surface area contributed by atoms with Gasteiger partial charge in [0.2, 0.25) is 0 Å². The number of hydrogen-bond donors (Lipinski definition) is 2. The SMILES string of the molecule is CCCCc1c(N)c(C)cc(C)c1N. The summed E-state index contributed by atoms with van der Waals surface area (Å²) in [5.74, 6) is 0. The van der Waals surface area contributed by atoms with Crippen molar-refractivity contribution in [3.63, 3.8) is 0 Å². The molecule has 0 aliphatic rings. The van der Waals surface area contributed by atoms with E-state index in [4.69, 9.17) is 11.5 Å². The van der Waals surface area contributed by atoms with Crippen LogP contribution in [0, 0.1) is 13.8 Å². The van der Waals surface area contributed by atoms with E-state index in [9.17, 15) is 0 Å².